The van der Waals surface area contributed by atoms with Gasteiger partial charge in [0.15, 0.2) is 0 Å². The van der Waals surface area contributed by atoms with Gasteiger partial charge in [-0.2, -0.15) is 5.10 Å². The van der Waals surface area contributed by atoms with Crippen molar-refractivity contribution in [2.75, 3.05) is 19.7 Å². The van der Waals surface area contributed by atoms with Crippen LogP contribution < -0.4 is 0 Å². The predicted octanol–water partition coefficient (Wildman–Crippen LogP) is 2.56. The van der Waals surface area contributed by atoms with E-state index in [2.05, 4.69) is 28.1 Å². The highest BCUT2D eigenvalue weighted by Gasteiger charge is 2.47. The van der Waals surface area contributed by atoms with Crippen LogP contribution in [0.4, 0.5) is 0 Å². The van der Waals surface area contributed by atoms with E-state index in [-0.39, 0.29) is 11.7 Å². The molecule has 6 heteroatoms. The average Bonchev–Trinajstić information content (AvgIpc) is 3.07. The molecule has 0 aliphatic carbocycles. The maximum absolute atomic E-state index is 6.15. The number of pyridine rings is 1. The first kappa shape index (κ1) is 17.6. The number of hydrogen-bond donors (Lipinski definition) is 0. The second-order valence-corrected chi connectivity index (χ2v) is 7.58. The molecule has 2 aromatic rings. The lowest BCUT2D eigenvalue weighted by Gasteiger charge is -2.53. The third-order valence-electron chi connectivity index (χ3n) is 5.30. The predicted molar refractivity (Wildman–Crippen MR) is 98.6 cm³/mol. The van der Waals surface area contributed by atoms with Gasteiger partial charge < -0.3 is 9.47 Å². The summed E-state index contributed by atoms with van der Waals surface area (Å²) in [6, 6.07) is 6.08. The van der Waals surface area contributed by atoms with Gasteiger partial charge in [-0.3, -0.25) is 14.6 Å². The molecule has 0 saturated carbocycles. The molecular formula is C20H28N4O2. The summed E-state index contributed by atoms with van der Waals surface area (Å²) in [5, 5.41) is 4.35. The summed E-state index contributed by atoms with van der Waals surface area (Å²) >= 11 is 0. The highest BCUT2D eigenvalue weighted by Crippen LogP contribution is 2.36. The van der Waals surface area contributed by atoms with Crippen LogP contribution in [0, 0.1) is 6.92 Å². The molecule has 140 valence electrons. The molecule has 0 aromatic carbocycles. The van der Waals surface area contributed by atoms with Crippen LogP contribution >= 0.6 is 0 Å². The normalized spacial score (nSPS) is 22.5. The molecule has 0 radical (unpaired) electrons. The summed E-state index contributed by atoms with van der Waals surface area (Å²) in [5.74, 6) is 0. The summed E-state index contributed by atoms with van der Waals surface area (Å²) in [6.45, 7) is 9.32. The largest absolute Gasteiger partial charge is 0.372 e. The van der Waals surface area contributed by atoms with Crippen LogP contribution in [0.25, 0.3) is 0 Å². The zero-order valence-electron chi connectivity index (χ0n) is 15.7. The Morgan fingerprint density at radius 3 is 3.00 bits per heavy atom. The minimum atomic E-state index is -0.0241. The van der Waals surface area contributed by atoms with Gasteiger partial charge in [-0.15, -0.1) is 0 Å². The fourth-order valence-electron chi connectivity index (χ4n) is 4.03. The van der Waals surface area contributed by atoms with Gasteiger partial charge in [0.2, 0.25) is 0 Å². The zero-order valence-corrected chi connectivity index (χ0v) is 15.7. The lowest BCUT2D eigenvalue weighted by molar-refractivity contribution is -0.200. The van der Waals surface area contributed by atoms with Crippen molar-refractivity contribution in [2.24, 2.45) is 0 Å². The maximum Gasteiger partial charge on any atom is 0.0959 e. The van der Waals surface area contributed by atoms with E-state index in [1.807, 2.05) is 36.0 Å². The third-order valence-corrected chi connectivity index (χ3v) is 5.30. The van der Waals surface area contributed by atoms with Gasteiger partial charge in [0, 0.05) is 56.7 Å². The van der Waals surface area contributed by atoms with E-state index in [0.717, 1.165) is 57.0 Å². The van der Waals surface area contributed by atoms with E-state index in [9.17, 15) is 0 Å². The van der Waals surface area contributed by atoms with Crippen molar-refractivity contribution in [3.63, 3.8) is 0 Å². The minimum Gasteiger partial charge on any atom is -0.372 e. The molecule has 2 fully saturated rings. The number of rotatable bonds is 6. The summed E-state index contributed by atoms with van der Waals surface area (Å²) < 4.78 is 14.3. The number of aromatic nitrogens is 3. The maximum atomic E-state index is 6.15. The Bertz CT molecular complexity index is 739. The Morgan fingerprint density at radius 2 is 2.23 bits per heavy atom. The molecule has 1 atom stereocenters. The van der Waals surface area contributed by atoms with Gasteiger partial charge in [-0.25, -0.2) is 0 Å². The quantitative estimate of drug-likeness (QED) is 0.796. The van der Waals surface area contributed by atoms with E-state index in [1.54, 1.807) is 0 Å². The molecule has 4 rings (SSSR count). The van der Waals surface area contributed by atoms with Gasteiger partial charge in [-0.05, 0) is 32.4 Å². The van der Waals surface area contributed by atoms with Crippen LogP contribution in [0.15, 0.2) is 30.6 Å². The molecule has 4 heterocycles. The molecule has 0 N–H and O–H groups in total. The van der Waals surface area contributed by atoms with Crippen molar-refractivity contribution in [3.05, 3.63) is 47.5 Å². The highest BCUT2D eigenvalue weighted by atomic mass is 16.5. The van der Waals surface area contributed by atoms with Crippen molar-refractivity contribution in [1.82, 2.24) is 19.7 Å². The highest BCUT2D eigenvalue weighted by molar-refractivity contribution is 5.10. The number of ether oxygens (including phenoxy) is 2. The molecule has 6 nitrogen and oxygen atoms in total. The first-order chi connectivity index (χ1) is 12.6. The molecule has 2 saturated heterocycles. The van der Waals surface area contributed by atoms with Crippen molar-refractivity contribution >= 4 is 0 Å². The van der Waals surface area contributed by atoms with Crippen LogP contribution in [0.5, 0.6) is 0 Å². The molecule has 0 bridgehead atoms. The lowest BCUT2D eigenvalue weighted by atomic mass is 9.84. The first-order valence-corrected chi connectivity index (χ1v) is 9.56. The second-order valence-electron chi connectivity index (χ2n) is 7.58. The van der Waals surface area contributed by atoms with Crippen molar-refractivity contribution in [2.45, 2.75) is 58.1 Å². The second kappa shape index (κ2) is 7.47. The van der Waals surface area contributed by atoms with E-state index in [0.29, 0.717) is 6.61 Å². The first-order valence-electron chi connectivity index (χ1n) is 9.56. The Morgan fingerprint density at radius 1 is 1.35 bits per heavy atom. The van der Waals surface area contributed by atoms with Crippen LogP contribution in [0.2, 0.25) is 0 Å². The van der Waals surface area contributed by atoms with Crippen molar-refractivity contribution < 1.29 is 9.47 Å². The Hall–Kier alpha value is -1.76. The van der Waals surface area contributed by atoms with Gasteiger partial charge in [0.25, 0.3) is 0 Å². The van der Waals surface area contributed by atoms with E-state index < -0.39 is 0 Å². The van der Waals surface area contributed by atoms with Gasteiger partial charge in [0.1, 0.15) is 0 Å². The van der Waals surface area contributed by atoms with Crippen molar-refractivity contribution in [3.8, 4) is 0 Å². The van der Waals surface area contributed by atoms with Gasteiger partial charge in [0.05, 0.1) is 30.2 Å². The minimum absolute atomic E-state index is 0.0241. The van der Waals surface area contributed by atoms with E-state index >= 15 is 0 Å². The lowest BCUT2D eigenvalue weighted by Crippen LogP contribution is -2.65. The SMILES string of the molecule is CCn1cc(CN2CC3(C[C@H](OCc4cccc(C)n4)CCO3)C2)cn1. The van der Waals surface area contributed by atoms with Gasteiger partial charge >= 0.3 is 0 Å². The monoisotopic (exact) mass is 356 g/mol. The molecule has 2 aromatic heterocycles. The molecule has 26 heavy (non-hydrogen) atoms. The molecule has 2 aliphatic heterocycles. The van der Waals surface area contributed by atoms with Gasteiger partial charge in [-0.1, -0.05) is 6.07 Å². The number of aryl methyl sites for hydroxylation is 2. The van der Waals surface area contributed by atoms with Crippen LogP contribution in [-0.4, -0.2) is 51.1 Å². The van der Waals surface area contributed by atoms with Crippen LogP contribution in [-0.2, 0) is 29.2 Å². The number of likely N-dealkylation sites (tertiary alicyclic amines) is 1. The number of hydrogen-bond acceptors (Lipinski definition) is 5. The molecule has 1 spiro atoms. The Labute approximate surface area is 155 Å². The van der Waals surface area contributed by atoms with Crippen LogP contribution in [0.1, 0.15) is 36.7 Å². The smallest absolute Gasteiger partial charge is 0.0959 e. The molecule has 0 amide bonds. The van der Waals surface area contributed by atoms with Crippen molar-refractivity contribution in [1.29, 1.82) is 0 Å². The summed E-state index contributed by atoms with van der Waals surface area (Å²) in [4.78, 5) is 6.96. The molecule has 0 unspecified atom stereocenters. The fourth-order valence-corrected chi connectivity index (χ4v) is 4.03. The molecule has 2 aliphatic rings. The summed E-state index contributed by atoms with van der Waals surface area (Å²) in [6.07, 6.45) is 6.31. The summed E-state index contributed by atoms with van der Waals surface area (Å²) in [7, 11) is 0. The zero-order chi connectivity index (χ0) is 18.0. The number of nitrogens with zero attached hydrogens (tertiary/aromatic N) is 4. The van der Waals surface area contributed by atoms with E-state index in [4.69, 9.17) is 9.47 Å². The topological polar surface area (TPSA) is 52.4 Å². The molecular weight excluding hydrogens is 328 g/mol. The third kappa shape index (κ3) is 3.98. The fraction of sp³-hybridized carbons (Fsp3) is 0.600. The Balaban J connectivity index is 1.26. The summed E-state index contributed by atoms with van der Waals surface area (Å²) in [5.41, 5.74) is 3.30. The Kier molecular flexibility index (Phi) is 5.07. The van der Waals surface area contributed by atoms with Crippen LogP contribution in [0.3, 0.4) is 0 Å². The van der Waals surface area contributed by atoms with E-state index in [1.165, 1.54) is 5.56 Å². The average molecular weight is 356 g/mol. The standard InChI is InChI=1S/C20H28N4O2/c1-3-24-12-17(10-21-24)11-23-14-20(15-23)9-19(7-8-26-20)25-13-18-6-4-5-16(2)22-18/h4-6,10,12,19H,3,7-9,11,13-15H2,1-2H3/t19-/m1/s1.